The third-order valence-corrected chi connectivity index (χ3v) is 8.97. The SMILES string of the molecule is OC1C(C2CCCCC2)CCCC1C1CCCC(C2CCCCC2)C1O. The quantitative estimate of drug-likeness (QED) is 0.676. The van der Waals surface area contributed by atoms with Crippen LogP contribution in [0.25, 0.3) is 0 Å². The highest BCUT2D eigenvalue weighted by atomic mass is 16.3. The molecule has 0 aliphatic heterocycles. The molecule has 4 saturated carbocycles. The van der Waals surface area contributed by atoms with Crippen molar-refractivity contribution in [2.24, 2.45) is 35.5 Å². The molecule has 0 amide bonds. The highest BCUT2D eigenvalue weighted by Gasteiger charge is 2.46. The zero-order chi connectivity index (χ0) is 17.9. The van der Waals surface area contributed by atoms with E-state index in [9.17, 15) is 10.2 Å². The molecule has 0 bridgehead atoms. The van der Waals surface area contributed by atoms with E-state index < -0.39 is 0 Å². The Balaban J connectivity index is 1.42. The van der Waals surface area contributed by atoms with Crippen molar-refractivity contribution in [3.8, 4) is 0 Å². The van der Waals surface area contributed by atoms with Crippen LogP contribution in [-0.2, 0) is 0 Å². The average Bonchev–Trinajstić information content (AvgIpc) is 2.70. The van der Waals surface area contributed by atoms with E-state index in [1.165, 1.54) is 89.9 Å². The van der Waals surface area contributed by atoms with Crippen molar-refractivity contribution in [1.82, 2.24) is 0 Å². The zero-order valence-electron chi connectivity index (χ0n) is 16.8. The summed E-state index contributed by atoms with van der Waals surface area (Å²) in [6.45, 7) is 0. The predicted octanol–water partition coefficient (Wildman–Crippen LogP) is 5.70. The summed E-state index contributed by atoms with van der Waals surface area (Å²) in [6, 6.07) is 0. The predicted molar refractivity (Wildman–Crippen MR) is 107 cm³/mol. The first kappa shape index (κ1) is 19.2. The minimum Gasteiger partial charge on any atom is -0.393 e. The van der Waals surface area contributed by atoms with E-state index in [1.54, 1.807) is 0 Å². The molecule has 0 heterocycles. The molecule has 2 heteroatoms. The van der Waals surface area contributed by atoms with Crippen LogP contribution in [0.4, 0.5) is 0 Å². The second kappa shape index (κ2) is 8.95. The lowest BCUT2D eigenvalue weighted by molar-refractivity contribution is -0.0989. The van der Waals surface area contributed by atoms with Crippen LogP contribution in [0.3, 0.4) is 0 Å². The van der Waals surface area contributed by atoms with Crippen molar-refractivity contribution in [3.05, 3.63) is 0 Å². The Labute approximate surface area is 161 Å². The normalized spacial score (nSPS) is 44.1. The molecule has 2 nitrogen and oxygen atoms in total. The van der Waals surface area contributed by atoms with Crippen LogP contribution in [0.15, 0.2) is 0 Å². The van der Waals surface area contributed by atoms with Crippen LogP contribution in [0.5, 0.6) is 0 Å². The molecule has 4 aliphatic rings. The van der Waals surface area contributed by atoms with Gasteiger partial charge in [0.25, 0.3) is 0 Å². The Kier molecular flexibility index (Phi) is 6.62. The fourth-order valence-corrected chi connectivity index (χ4v) is 7.59. The van der Waals surface area contributed by atoms with Gasteiger partial charge in [-0.1, -0.05) is 77.0 Å². The maximum Gasteiger partial charge on any atom is 0.0602 e. The van der Waals surface area contributed by atoms with Crippen LogP contribution >= 0.6 is 0 Å². The number of aliphatic hydroxyl groups excluding tert-OH is 2. The smallest absolute Gasteiger partial charge is 0.0602 e. The van der Waals surface area contributed by atoms with Crippen molar-refractivity contribution in [2.75, 3.05) is 0 Å². The Morgan fingerprint density at radius 3 is 1.08 bits per heavy atom. The van der Waals surface area contributed by atoms with Gasteiger partial charge < -0.3 is 10.2 Å². The fraction of sp³-hybridized carbons (Fsp3) is 1.00. The molecule has 150 valence electrons. The third kappa shape index (κ3) is 4.02. The summed E-state index contributed by atoms with van der Waals surface area (Å²) < 4.78 is 0. The van der Waals surface area contributed by atoms with Crippen LogP contribution in [0, 0.1) is 35.5 Å². The maximum absolute atomic E-state index is 11.3. The Hall–Kier alpha value is -0.0800. The van der Waals surface area contributed by atoms with Gasteiger partial charge in [-0.25, -0.2) is 0 Å². The van der Waals surface area contributed by atoms with Crippen LogP contribution in [0.2, 0.25) is 0 Å². The topological polar surface area (TPSA) is 40.5 Å². The summed E-state index contributed by atoms with van der Waals surface area (Å²) >= 11 is 0. The zero-order valence-corrected chi connectivity index (χ0v) is 16.8. The van der Waals surface area contributed by atoms with Gasteiger partial charge in [0.1, 0.15) is 0 Å². The number of aliphatic hydroxyl groups is 2. The van der Waals surface area contributed by atoms with Gasteiger partial charge in [-0.05, 0) is 61.2 Å². The van der Waals surface area contributed by atoms with E-state index >= 15 is 0 Å². The summed E-state index contributed by atoms with van der Waals surface area (Å²) in [5.74, 6) is 3.31. The lowest BCUT2D eigenvalue weighted by atomic mass is 9.60. The van der Waals surface area contributed by atoms with Crippen molar-refractivity contribution < 1.29 is 10.2 Å². The minimum atomic E-state index is -0.142. The molecule has 0 aromatic heterocycles. The van der Waals surface area contributed by atoms with Crippen molar-refractivity contribution >= 4 is 0 Å². The van der Waals surface area contributed by atoms with Crippen LogP contribution in [0.1, 0.15) is 103 Å². The molecule has 0 saturated heterocycles. The van der Waals surface area contributed by atoms with E-state index in [0.29, 0.717) is 23.7 Å². The van der Waals surface area contributed by atoms with Gasteiger partial charge in [0.05, 0.1) is 12.2 Å². The standard InChI is InChI=1S/C24H42O2/c25-23-19(17-9-3-1-4-10-17)13-7-15-21(23)22-16-8-14-20(24(22)26)18-11-5-2-6-12-18/h17-26H,1-16H2. The van der Waals surface area contributed by atoms with Crippen molar-refractivity contribution in [3.63, 3.8) is 0 Å². The molecule has 4 fully saturated rings. The summed E-state index contributed by atoms with van der Waals surface area (Å²) in [7, 11) is 0. The summed E-state index contributed by atoms with van der Waals surface area (Å²) in [5, 5.41) is 22.7. The first-order valence-corrected chi connectivity index (χ1v) is 12.1. The molecule has 4 rings (SSSR count). The first-order valence-electron chi connectivity index (χ1n) is 12.1. The van der Waals surface area contributed by atoms with Crippen LogP contribution < -0.4 is 0 Å². The Bertz CT molecular complexity index is 384. The number of rotatable bonds is 3. The van der Waals surface area contributed by atoms with Crippen molar-refractivity contribution in [2.45, 2.75) is 115 Å². The minimum absolute atomic E-state index is 0.142. The van der Waals surface area contributed by atoms with E-state index in [4.69, 9.17) is 0 Å². The fourth-order valence-electron chi connectivity index (χ4n) is 7.59. The molecular formula is C24H42O2. The summed E-state index contributed by atoms with van der Waals surface area (Å²) in [6.07, 6.45) is 20.7. The second-order valence-corrected chi connectivity index (χ2v) is 10.3. The van der Waals surface area contributed by atoms with Gasteiger partial charge in [-0.2, -0.15) is 0 Å². The van der Waals surface area contributed by atoms with Gasteiger partial charge in [-0.15, -0.1) is 0 Å². The first-order chi connectivity index (χ1) is 12.8. The third-order valence-electron chi connectivity index (χ3n) is 8.97. The lowest BCUT2D eigenvalue weighted by Crippen LogP contribution is -2.48. The number of hydrogen-bond acceptors (Lipinski definition) is 2. The Morgan fingerprint density at radius 2 is 0.692 bits per heavy atom. The molecule has 0 aromatic carbocycles. The van der Waals surface area contributed by atoms with E-state index in [1.807, 2.05) is 0 Å². The van der Waals surface area contributed by atoms with Crippen molar-refractivity contribution in [1.29, 1.82) is 0 Å². The summed E-state index contributed by atoms with van der Waals surface area (Å²) in [5.41, 5.74) is 0. The van der Waals surface area contributed by atoms with E-state index in [0.717, 1.165) is 24.7 Å². The molecule has 0 aromatic rings. The maximum atomic E-state index is 11.3. The van der Waals surface area contributed by atoms with Gasteiger partial charge in [-0.3, -0.25) is 0 Å². The van der Waals surface area contributed by atoms with E-state index in [2.05, 4.69) is 0 Å². The average molecular weight is 363 g/mol. The molecule has 6 atom stereocenters. The monoisotopic (exact) mass is 362 g/mol. The molecule has 26 heavy (non-hydrogen) atoms. The van der Waals surface area contributed by atoms with Gasteiger partial charge in [0.15, 0.2) is 0 Å². The molecule has 4 aliphatic carbocycles. The molecular weight excluding hydrogens is 320 g/mol. The molecule has 6 unspecified atom stereocenters. The Morgan fingerprint density at radius 1 is 0.346 bits per heavy atom. The molecule has 0 radical (unpaired) electrons. The second-order valence-electron chi connectivity index (χ2n) is 10.3. The molecule has 2 N–H and O–H groups in total. The molecule has 0 spiro atoms. The lowest BCUT2D eigenvalue weighted by Gasteiger charge is -2.48. The highest BCUT2D eigenvalue weighted by Crippen LogP contribution is 2.48. The largest absolute Gasteiger partial charge is 0.393 e. The van der Waals surface area contributed by atoms with E-state index in [-0.39, 0.29) is 12.2 Å². The van der Waals surface area contributed by atoms with Gasteiger partial charge >= 0.3 is 0 Å². The number of hydrogen-bond donors (Lipinski definition) is 2. The van der Waals surface area contributed by atoms with Crippen LogP contribution in [-0.4, -0.2) is 22.4 Å². The van der Waals surface area contributed by atoms with Gasteiger partial charge in [0.2, 0.25) is 0 Å². The highest BCUT2D eigenvalue weighted by molar-refractivity contribution is 4.96. The summed E-state index contributed by atoms with van der Waals surface area (Å²) in [4.78, 5) is 0. The van der Waals surface area contributed by atoms with Gasteiger partial charge in [0, 0.05) is 0 Å².